The number of hydrogen-bond acceptors (Lipinski definition) is 4. The Bertz CT molecular complexity index is 242. The van der Waals surface area contributed by atoms with E-state index in [0.717, 1.165) is 24.2 Å². The fraction of sp³-hybridized carbons (Fsp3) is 0.909. The predicted octanol–water partition coefficient (Wildman–Crippen LogP) is 1.41. The minimum absolute atomic E-state index is 0.668. The van der Waals surface area contributed by atoms with Crippen molar-refractivity contribution in [3.63, 3.8) is 0 Å². The van der Waals surface area contributed by atoms with Crippen molar-refractivity contribution in [2.75, 3.05) is 33.2 Å². The first kappa shape index (κ1) is 11.3. The Morgan fingerprint density at radius 2 is 2.47 bits per heavy atom. The summed E-state index contributed by atoms with van der Waals surface area (Å²) in [6.07, 6.45) is 2.71. The van der Waals surface area contributed by atoms with Gasteiger partial charge in [0.2, 0.25) is 0 Å². The Hall–Kier alpha value is -0.220. The van der Waals surface area contributed by atoms with Crippen LogP contribution in [0.4, 0.5) is 0 Å². The third kappa shape index (κ3) is 3.38. The Kier molecular flexibility index (Phi) is 3.92. The second-order valence-corrected chi connectivity index (χ2v) is 6.15. The van der Waals surface area contributed by atoms with Crippen molar-refractivity contribution in [2.45, 2.75) is 25.0 Å². The molecule has 3 nitrogen and oxygen atoms in total. The number of thioether (sulfide) groups is 1. The van der Waals surface area contributed by atoms with Gasteiger partial charge in [-0.1, -0.05) is 18.7 Å². The first-order valence-corrected chi connectivity index (χ1v) is 6.75. The molecule has 0 saturated carbocycles. The summed E-state index contributed by atoms with van der Waals surface area (Å²) in [6, 6.07) is 0. The minimum atomic E-state index is 0.668. The summed E-state index contributed by atoms with van der Waals surface area (Å²) in [4.78, 5) is 6.91. The van der Waals surface area contributed by atoms with Crippen LogP contribution in [0.15, 0.2) is 4.99 Å². The molecule has 0 bridgehead atoms. The number of piperidine rings is 1. The fourth-order valence-corrected chi connectivity index (χ4v) is 3.09. The Balaban J connectivity index is 1.69. The molecule has 1 fully saturated rings. The molecule has 0 amide bonds. The predicted molar refractivity (Wildman–Crippen MR) is 67.6 cm³/mol. The van der Waals surface area contributed by atoms with Crippen LogP contribution >= 0.6 is 11.8 Å². The molecule has 2 aliphatic heterocycles. The standard InChI is InChI=1S/C11H21N3S/c1-9-6-12-11(15-9)13-7-10-4-3-5-14(2)8-10/h9-10H,3-8H2,1-2H3,(H,12,13). The van der Waals surface area contributed by atoms with Crippen molar-refractivity contribution < 1.29 is 0 Å². The number of likely N-dealkylation sites (tertiary alicyclic amines) is 1. The second kappa shape index (κ2) is 5.21. The van der Waals surface area contributed by atoms with Crippen molar-refractivity contribution in [3.05, 3.63) is 0 Å². The van der Waals surface area contributed by atoms with Crippen LogP contribution in [-0.2, 0) is 0 Å². The highest BCUT2D eigenvalue weighted by atomic mass is 32.2. The maximum absolute atomic E-state index is 4.48. The molecule has 0 spiro atoms. The van der Waals surface area contributed by atoms with Crippen LogP contribution in [0.25, 0.3) is 0 Å². The molecule has 0 aliphatic carbocycles. The molecule has 0 aromatic heterocycles. The topological polar surface area (TPSA) is 27.6 Å². The van der Waals surface area contributed by atoms with Gasteiger partial charge >= 0.3 is 0 Å². The van der Waals surface area contributed by atoms with E-state index in [0.29, 0.717) is 5.25 Å². The van der Waals surface area contributed by atoms with E-state index >= 15 is 0 Å². The van der Waals surface area contributed by atoms with E-state index < -0.39 is 0 Å². The number of rotatable bonds is 2. The first-order valence-electron chi connectivity index (χ1n) is 5.87. The van der Waals surface area contributed by atoms with Crippen molar-refractivity contribution in [1.29, 1.82) is 0 Å². The quantitative estimate of drug-likeness (QED) is 0.773. The molecule has 0 aromatic rings. The first-order chi connectivity index (χ1) is 7.24. The third-order valence-electron chi connectivity index (χ3n) is 3.07. The van der Waals surface area contributed by atoms with E-state index in [1.807, 2.05) is 11.8 Å². The number of amidine groups is 1. The van der Waals surface area contributed by atoms with Crippen LogP contribution in [0.1, 0.15) is 19.8 Å². The van der Waals surface area contributed by atoms with Crippen LogP contribution < -0.4 is 5.32 Å². The molecule has 1 saturated heterocycles. The fourth-order valence-electron chi connectivity index (χ4n) is 2.25. The van der Waals surface area contributed by atoms with Gasteiger partial charge in [-0.15, -0.1) is 0 Å². The summed E-state index contributed by atoms with van der Waals surface area (Å²) >= 11 is 1.88. The summed E-state index contributed by atoms with van der Waals surface area (Å²) in [5, 5.41) is 5.32. The Morgan fingerprint density at radius 3 is 3.13 bits per heavy atom. The van der Waals surface area contributed by atoms with Crippen LogP contribution in [-0.4, -0.2) is 48.5 Å². The number of nitrogens with one attached hydrogen (secondary N) is 1. The van der Waals surface area contributed by atoms with Crippen molar-refractivity contribution in [1.82, 2.24) is 10.2 Å². The lowest BCUT2D eigenvalue weighted by Gasteiger charge is -2.29. The van der Waals surface area contributed by atoms with Gasteiger partial charge in [0.25, 0.3) is 0 Å². The van der Waals surface area contributed by atoms with Crippen LogP contribution in [0.3, 0.4) is 0 Å². The molecular formula is C11H21N3S. The highest BCUT2D eigenvalue weighted by Gasteiger charge is 2.19. The summed E-state index contributed by atoms with van der Waals surface area (Å²) in [6.45, 7) is 6.82. The summed E-state index contributed by atoms with van der Waals surface area (Å²) < 4.78 is 0. The van der Waals surface area contributed by atoms with Gasteiger partial charge < -0.3 is 10.2 Å². The van der Waals surface area contributed by atoms with Crippen LogP contribution in [0.2, 0.25) is 0 Å². The second-order valence-electron chi connectivity index (χ2n) is 4.73. The molecule has 0 aromatic carbocycles. The van der Waals surface area contributed by atoms with E-state index in [1.165, 1.54) is 25.9 Å². The number of hydrogen-bond donors (Lipinski definition) is 1. The van der Waals surface area contributed by atoms with Gasteiger partial charge in [0, 0.05) is 18.3 Å². The summed E-state index contributed by atoms with van der Waals surface area (Å²) in [7, 11) is 2.22. The molecule has 15 heavy (non-hydrogen) atoms. The molecule has 86 valence electrons. The highest BCUT2D eigenvalue weighted by molar-refractivity contribution is 8.14. The zero-order chi connectivity index (χ0) is 10.7. The third-order valence-corrected chi connectivity index (χ3v) is 4.12. The zero-order valence-electron chi connectivity index (χ0n) is 9.70. The number of aliphatic imine (C=N–C) groups is 1. The summed E-state index contributed by atoms with van der Waals surface area (Å²) in [5.41, 5.74) is 0. The Labute approximate surface area is 96.7 Å². The van der Waals surface area contributed by atoms with E-state index in [-0.39, 0.29) is 0 Å². The molecule has 2 heterocycles. The molecule has 2 rings (SSSR count). The van der Waals surface area contributed by atoms with Crippen LogP contribution in [0, 0.1) is 5.92 Å². The normalized spacial score (nSPS) is 32.8. The number of nitrogens with zero attached hydrogens (tertiary/aromatic N) is 2. The van der Waals surface area contributed by atoms with Crippen molar-refractivity contribution >= 4 is 16.9 Å². The molecule has 4 heteroatoms. The van der Waals surface area contributed by atoms with Gasteiger partial charge in [0.05, 0.1) is 6.54 Å². The van der Waals surface area contributed by atoms with Gasteiger partial charge in [-0.3, -0.25) is 4.99 Å². The highest BCUT2D eigenvalue weighted by Crippen LogP contribution is 2.19. The van der Waals surface area contributed by atoms with Gasteiger partial charge in [-0.25, -0.2) is 0 Å². The zero-order valence-corrected chi connectivity index (χ0v) is 10.5. The average Bonchev–Trinajstić information content (AvgIpc) is 2.62. The Morgan fingerprint density at radius 1 is 1.60 bits per heavy atom. The van der Waals surface area contributed by atoms with E-state index in [2.05, 4.69) is 29.2 Å². The van der Waals surface area contributed by atoms with E-state index in [4.69, 9.17) is 0 Å². The average molecular weight is 227 g/mol. The minimum Gasteiger partial charge on any atom is -0.365 e. The van der Waals surface area contributed by atoms with Gasteiger partial charge in [0.15, 0.2) is 5.17 Å². The van der Waals surface area contributed by atoms with Crippen molar-refractivity contribution in [3.8, 4) is 0 Å². The molecule has 2 unspecified atom stereocenters. The van der Waals surface area contributed by atoms with E-state index in [9.17, 15) is 0 Å². The summed E-state index contributed by atoms with van der Waals surface area (Å²) in [5.74, 6) is 0.808. The monoisotopic (exact) mass is 227 g/mol. The van der Waals surface area contributed by atoms with Gasteiger partial charge in [-0.2, -0.15) is 0 Å². The largest absolute Gasteiger partial charge is 0.365 e. The van der Waals surface area contributed by atoms with Gasteiger partial charge in [0.1, 0.15) is 0 Å². The smallest absolute Gasteiger partial charge is 0.156 e. The lowest BCUT2D eigenvalue weighted by molar-refractivity contribution is 0.211. The molecule has 2 aliphatic rings. The molecule has 0 radical (unpaired) electrons. The van der Waals surface area contributed by atoms with Crippen molar-refractivity contribution in [2.24, 2.45) is 10.9 Å². The van der Waals surface area contributed by atoms with Crippen LogP contribution in [0.5, 0.6) is 0 Å². The molecule has 1 N–H and O–H groups in total. The lowest BCUT2D eigenvalue weighted by Crippen LogP contribution is -2.38. The molecule has 2 atom stereocenters. The maximum Gasteiger partial charge on any atom is 0.156 e. The lowest BCUT2D eigenvalue weighted by atomic mass is 9.99. The van der Waals surface area contributed by atoms with Gasteiger partial charge in [-0.05, 0) is 32.4 Å². The maximum atomic E-state index is 4.48. The molecular weight excluding hydrogens is 206 g/mol. The SMILES string of the molecule is CC1CN=C(NCC2CCCN(C)C2)S1. The van der Waals surface area contributed by atoms with E-state index in [1.54, 1.807) is 0 Å².